The Bertz CT molecular complexity index is 1110. The molecule has 34 heavy (non-hydrogen) atoms. The molecule has 0 saturated carbocycles. The van der Waals surface area contributed by atoms with Crippen molar-refractivity contribution < 1.29 is 9.47 Å². The second kappa shape index (κ2) is 9.65. The van der Waals surface area contributed by atoms with E-state index in [4.69, 9.17) is 9.47 Å². The number of fused-ring (bicyclic) bond motifs is 2. The van der Waals surface area contributed by atoms with E-state index >= 15 is 0 Å². The SMILES string of the molecule is CCC1(COCc2ccc(COCC3(CC)C=Nc4ccccc43)cc2)C=Nc2ccccc21. The van der Waals surface area contributed by atoms with Crippen molar-refractivity contribution >= 4 is 23.8 Å². The Hall–Kier alpha value is -3.08. The molecule has 5 rings (SSSR count). The van der Waals surface area contributed by atoms with E-state index in [2.05, 4.69) is 96.9 Å². The summed E-state index contributed by atoms with van der Waals surface area (Å²) >= 11 is 0. The van der Waals surface area contributed by atoms with Gasteiger partial charge in [0, 0.05) is 12.4 Å². The van der Waals surface area contributed by atoms with Crippen molar-refractivity contribution in [1.82, 2.24) is 0 Å². The maximum atomic E-state index is 6.17. The summed E-state index contributed by atoms with van der Waals surface area (Å²) < 4.78 is 12.3. The van der Waals surface area contributed by atoms with Crippen LogP contribution in [0.15, 0.2) is 82.8 Å². The van der Waals surface area contributed by atoms with Gasteiger partial charge in [0.1, 0.15) is 0 Å². The van der Waals surface area contributed by atoms with E-state index in [9.17, 15) is 0 Å². The molecule has 2 aliphatic heterocycles. The minimum atomic E-state index is -0.123. The van der Waals surface area contributed by atoms with Crippen LogP contribution in [0.25, 0.3) is 0 Å². The highest BCUT2D eigenvalue weighted by atomic mass is 16.5. The number of rotatable bonds is 10. The topological polar surface area (TPSA) is 43.2 Å². The monoisotopic (exact) mass is 452 g/mol. The zero-order valence-corrected chi connectivity index (χ0v) is 20.0. The van der Waals surface area contributed by atoms with Gasteiger partial charge in [0.15, 0.2) is 0 Å². The molecule has 3 aromatic rings. The Morgan fingerprint density at radius 1 is 0.588 bits per heavy atom. The van der Waals surface area contributed by atoms with Crippen LogP contribution in [0.2, 0.25) is 0 Å². The van der Waals surface area contributed by atoms with Gasteiger partial charge in [0.05, 0.1) is 48.6 Å². The minimum absolute atomic E-state index is 0.123. The van der Waals surface area contributed by atoms with Gasteiger partial charge in [-0.3, -0.25) is 9.98 Å². The smallest absolute Gasteiger partial charge is 0.0717 e. The molecule has 0 aliphatic carbocycles. The molecular weight excluding hydrogens is 420 g/mol. The van der Waals surface area contributed by atoms with Crippen molar-refractivity contribution in [2.45, 2.75) is 50.7 Å². The van der Waals surface area contributed by atoms with Crippen LogP contribution in [0.3, 0.4) is 0 Å². The standard InChI is InChI=1S/C30H32N2O2/c1-3-29(19-31-27-11-7-5-9-25(27)29)21-33-17-23-13-15-24(16-14-23)18-34-22-30(4-2)20-32-28-12-8-6-10-26(28)30/h5-16,19-20H,3-4,17-18,21-22H2,1-2H3. The summed E-state index contributed by atoms with van der Waals surface area (Å²) in [7, 11) is 0. The Kier molecular flexibility index (Phi) is 6.44. The molecule has 0 N–H and O–H groups in total. The fourth-order valence-electron chi connectivity index (χ4n) is 4.97. The largest absolute Gasteiger partial charge is 0.375 e. The van der Waals surface area contributed by atoms with Crippen molar-refractivity contribution in [3.63, 3.8) is 0 Å². The number of hydrogen-bond acceptors (Lipinski definition) is 4. The van der Waals surface area contributed by atoms with Crippen molar-refractivity contribution in [3.05, 3.63) is 95.1 Å². The Balaban J connectivity index is 1.13. The van der Waals surface area contributed by atoms with Crippen LogP contribution in [0.1, 0.15) is 48.9 Å². The van der Waals surface area contributed by atoms with Crippen molar-refractivity contribution in [3.8, 4) is 0 Å². The van der Waals surface area contributed by atoms with Gasteiger partial charge in [0.2, 0.25) is 0 Å². The number of aliphatic imine (C=N–C) groups is 2. The average molecular weight is 453 g/mol. The zero-order chi connectivity index (χ0) is 23.4. The molecule has 2 unspecified atom stereocenters. The lowest BCUT2D eigenvalue weighted by Gasteiger charge is -2.26. The van der Waals surface area contributed by atoms with E-state index in [0.29, 0.717) is 26.4 Å². The lowest BCUT2D eigenvalue weighted by atomic mass is 9.81. The molecule has 174 valence electrons. The molecule has 3 aromatic carbocycles. The molecule has 2 heterocycles. The van der Waals surface area contributed by atoms with Gasteiger partial charge in [-0.15, -0.1) is 0 Å². The second-order valence-corrected chi connectivity index (χ2v) is 9.37. The minimum Gasteiger partial charge on any atom is -0.375 e. The molecular formula is C30H32N2O2. The maximum Gasteiger partial charge on any atom is 0.0717 e. The molecule has 4 heteroatoms. The van der Waals surface area contributed by atoms with Gasteiger partial charge < -0.3 is 9.47 Å². The molecule has 0 radical (unpaired) electrons. The highest BCUT2D eigenvalue weighted by molar-refractivity contribution is 5.86. The van der Waals surface area contributed by atoms with E-state index in [1.165, 1.54) is 22.3 Å². The van der Waals surface area contributed by atoms with Crippen molar-refractivity contribution in [2.75, 3.05) is 13.2 Å². The average Bonchev–Trinajstić information content (AvgIpc) is 3.45. The van der Waals surface area contributed by atoms with Crippen LogP contribution in [-0.4, -0.2) is 25.6 Å². The third-order valence-electron chi connectivity index (χ3n) is 7.32. The summed E-state index contributed by atoms with van der Waals surface area (Å²) in [6, 6.07) is 25.3. The third kappa shape index (κ3) is 4.24. The van der Waals surface area contributed by atoms with Crippen LogP contribution in [0, 0.1) is 0 Å². The Morgan fingerprint density at radius 2 is 1.00 bits per heavy atom. The van der Waals surface area contributed by atoms with Crippen molar-refractivity contribution in [1.29, 1.82) is 0 Å². The third-order valence-corrected chi connectivity index (χ3v) is 7.32. The van der Waals surface area contributed by atoms with E-state index in [0.717, 1.165) is 24.2 Å². The lowest BCUT2D eigenvalue weighted by molar-refractivity contribution is 0.0908. The van der Waals surface area contributed by atoms with Gasteiger partial charge >= 0.3 is 0 Å². The van der Waals surface area contributed by atoms with Crippen LogP contribution in [0.4, 0.5) is 11.4 Å². The van der Waals surface area contributed by atoms with E-state index in [1.54, 1.807) is 0 Å². The number of nitrogens with zero attached hydrogens (tertiary/aromatic N) is 2. The number of ether oxygens (including phenoxy) is 2. The van der Waals surface area contributed by atoms with Gasteiger partial charge in [-0.25, -0.2) is 0 Å². The Labute approximate surface area is 202 Å². The van der Waals surface area contributed by atoms with Crippen molar-refractivity contribution in [2.24, 2.45) is 9.98 Å². The van der Waals surface area contributed by atoms with E-state index < -0.39 is 0 Å². The first-order chi connectivity index (χ1) is 16.7. The van der Waals surface area contributed by atoms with Gasteiger partial charge in [-0.2, -0.15) is 0 Å². The molecule has 0 saturated heterocycles. The second-order valence-electron chi connectivity index (χ2n) is 9.37. The Morgan fingerprint density at radius 3 is 1.41 bits per heavy atom. The molecule has 0 aromatic heterocycles. The summed E-state index contributed by atoms with van der Waals surface area (Å²) in [5.41, 5.74) is 6.75. The van der Waals surface area contributed by atoms with E-state index in [-0.39, 0.29) is 10.8 Å². The first-order valence-corrected chi connectivity index (χ1v) is 12.2. The highest BCUT2D eigenvalue weighted by Crippen LogP contribution is 2.40. The van der Waals surface area contributed by atoms with E-state index in [1.807, 2.05) is 12.1 Å². The fourth-order valence-corrected chi connectivity index (χ4v) is 4.97. The maximum absolute atomic E-state index is 6.17. The van der Waals surface area contributed by atoms with Gasteiger partial charge in [-0.1, -0.05) is 74.5 Å². The normalized spacial score (nSPS) is 22.2. The molecule has 0 bridgehead atoms. The summed E-state index contributed by atoms with van der Waals surface area (Å²) in [6.45, 7) is 6.85. The molecule has 0 spiro atoms. The number of benzene rings is 3. The summed E-state index contributed by atoms with van der Waals surface area (Å²) in [4.78, 5) is 9.23. The first-order valence-electron chi connectivity index (χ1n) is 12.2. The summed E-state index contributed by atoms with van der Waals surface area (Å²) in [5, 5.41) is 0. The first kappa shape index (κ1) is 22.7. The predicted octanol–water partition coefficient (Wildman–Crippen LogP) is 6.85. The number of para-hydroxylation sites is 2. The summed E-state index contributed by atoms with van der Waals surface area (Å²) in [5.74, 6) is 0. The summed E-state index contributed by atoms with van der Waals surface area (Å²) in [6.07, 6.45) is 6.07. The molecule has 0 fully saturated rings. The molecule has 4 nitrogen and oxygen atoms in total. The van der Waals surface area contributed by atoms with Crippen LogP contribution in [0.5, 0.6) is 0 Å². The predicted molar refractivity (Wildman–Crippen MR) is 139 cm³/mol. The van der Waals surface area contributed by atoms with Gasteiger partial charge in [0.25, 0.3) is 0 Å². The van der Waals surface area contributed by atoms with Crippen LogP contribution >= 0.6 is 0 Å². The lowest BCUT2D eigenvalue weighted by Crippen LogP contribution is -2.31. The molecule has 2 atom stereocenters. The van der Waals surface area contributed by atoms with Gasteiger partial charge in [-0.05, 0) is 47.2 Å². The number of hydrogen-bond donors (Lipinski definition) is 0. The fraction of sp³-hybridized carbons (Fsp3) is 0.333. The van der Waals surface area contributed by atoms with Crippen LogP contribution in [-0.2, 0) is 33.5 Å². The highest BCUT2D eigenvalue weighted by Gasteiger charge is 2.35. The molecule has 2 aliphatic rings. The van der Waals surface area contributed by atoms with Crippen LogP contribution < -0.4 is 0 Å². The quantitative estimate of drug-likeness (QED) is 0.338. The zero-order valence-electron chi connectivity index (χ0n) is 20.0. The molecule has 0 amide bonds.